The van der Waals surface area contributed by atoms with E-state index in [1.165, 1.54) is 13.2 Å². The molecule has 0 unspecified atom stereocenters. The van der Waals surface area contributed by atoms with Crippen molar-refractivity contribution in [2.45, 2.75) is 13.3 Å². The van der Waals surface area contributed by atoms with Gasteiger partial charge < -0.3 is 20.1 Å². The van der Waals surface area contributed by atoms with Crippen molar-refractivity contribution in [3.8, 4) is 23.0 Å². The molecule has 0 spiro atoms. The number of hydrogen-bond donors (Lipinski definition) is 3. The molecule has 4 heteroatoms. The Morgan fingerprint density at radius 3 is 2.31 bits per heavy atom. The molecule has 0 fully saturated rings. The van der Waals surface area contributed by atoms with E-state index in [-0.39, 0.29) is 11.5 Å². The molecule has 0 aromatic heterocycles. The van der Waals surface area contributed by atoms with Crippen molar-refractivity contribution >= 4 is 0 Å². The van der Waals surface area contributed by atoms with Gasteiger partial charge in [0, 0.05) is 11.6 Å². The maximum Gasteiger partial charge on any atom is 0.200 e. The van der Waals surface area contributed by atoms with Crippen molar-refractivity contribution < 1.29 is 20.1 Å². The van der Waals surface area contributed by atoms with Crippen molar-refractivity contribution in [3.05, 3.63) is 11.6 Å². The van der Waals surface area contributed by atoms with Crippen LogP contribution in [0.1, 0.15) is 12.5 Å². The molecule has 0 bridgehead atoms. The fourth-order valence-electron chi connectivity index (χ4n) is 1.18. The lowest BCUT2D eigenvalue weighted by Crippen LogP contribution is -1.91. The molecular weight excluding hydrogens is 172 g/mol. The third kappa shape index (κ3) is 1.47. The standard InChI is InChI=1S/C9H12O4/c1-3-5-7(13-2)4-6(10)9(12)8(5)11/h4,10-12H,3H2,1-2H3. The molecule has 1 aromatic rings. The van der Waals surface area contributed by atoms with Gasteiger partial charge in [-0.3, -0.25) is 0 Å². The average Bonchev–Trinajstić information content (AvgIpc) is 2.13. The highest BCUT2D eigenvalue weighted by Crippen LogP contribution is 2.42. The third-order valence-corrected chi connectivity index (χ3v) is 1.89. The van der Waals surface area contributed by atoms with Gasteiger partial charge in [0.1, 0.15) is 5.75 Å². The summed E-state index contributed by atoms with van der Waals surface area (Å²) in [5.74, 6) is -0.834. The normalized spacial score (nSPS) is 10.0. The maximum absolute atomic E-state index is 9.40. The van der Waals surface area contributed by atoms with Crippen LogP contribution in [-0.2, 0) is 6.42 Å². The van der Waals surface area contributed by atoms with Gasteiger partial charge in [0.05, 0.1) is 7.11 Å². The monoisotopic (exact) mass is 184 g/mol. The second-order valence-corrected chi connectivity index (χ2v) is 2.63. The van der Waals surface area contributed by atoms with Crippen LogP contribution < -0.4 is 4.74 Å². The van der Waals surface area contributed by atoms with Crippen LogP contribution in [0, 0.1) is 0 Å². The molecule has 0 radical (unpaired) electrons. The highest BCUT2D eigenvalue weighted by atomic mass is 16.5. The van der Waals surface area contributed by atoms with Crippen LogP contribution in [0.2, 0.25) is 0 Å². The largest absolute Gasteiger partial charge is 0.504 e. The fourth-order valence-corrected chi connectivity index (χ4v) is 1.18. The molecule has 0 saturated carbocycles. The van der Waals surface area contributed by atoms with Gasteiger partial charge in [-0.25, -0.2) is 0 Å². The van der Waals surface area contributed by atoms with Gasteiger partial charge in [-0.2, -0.15) is 0 Å². The van der Waals surface area contributed by atoms with E-state index < -0.39 is 5.75 Å². The van der Waals surface area contributed by atoms with E-state index in [2.05, 4.69) is 0 Å². The van der Waals surface area contributed by atoms with Gasteiger partial charge in [-0.15, -0.1) is 0 Å². The lowest BCUT2D eigenvalue weighted by molar-refractivity contribution is 0.351. The molecule has 72 valence electrons. The Hall–Kier alpha value is -1.58. The highest BCUT2D eigenvalue weighted by Gasteiger charge is 2.15. The first-order chi connectivity index (χ1) is 6.11. The SMILES string of the molecule is CCc1c(OC)cc(O)c(O)c1O. The van der Waals surface area contributed by atoms with E-state index in [1.54, 1.807) is 0 Å². The number of aromatic hydroxyl groups is 3. The van der Waals surface area contributed by atoms with Crippen LogP contribution in [0.4, 0.5) is 0 Å². The summed E-state index contributed by atoms with van der Waals surface area (Å²) in [4.78, 5) is 0. The lowest BCUT2D eigenvalue weighted by Gasteiger charge is -2.10. The molecule has 0 amide bonds. The molecule has 0 aliphatic rings. The molecular formula is C9H12O4. The van der Waals surface area contributed by atoms with Gasteiger partial charge in [0.2, 0.25) is 5.75 Å². The molecule has 0 heterocycles. The number of methoxy groups -OCH3 is 1. The molecule has 3 N–H and O–H groups in total. The molecule has 1 aromatic carbocycles. The average molecular weight is 184 g/mol. The van der Waals surface area contributed by atoms with E-state index in [1.807, 2.05) is 6.92 Å². The second-order valence-electron chi connectivity index (χ2n) is 2.63. The summed E-state index contributed by atoms with van der Waals surface area (Å²) in [7, 11) is 1.43. The van der Waals surface area contributed by atoms with E-state index in [9.17, 15) is 10.2 Å². The van der Waals surface area contributed by atoms with Crippen molar-refractivity contribution in [1.29, 1.82) is 0 Å². The smallest absolute Gasteiger partial charge is 0.200 e. The van der Waals surface area contributed by atoms with Gasteiger partial charge in [0.25, 0.3) is 0 Å². The van der Waals surface area contributed by atoms with E-state index in [0.29, 0.717) is 17.7 Å². The molecule has 0 atom stereocenters. The van der Waals surface area contributed by atoms with Crippen molar-refractivity contribution in [2.24, 2.45) is 0 Å². The summed E-state index contributed by atoms with van der Waals surface area (Å²) in [6, 6.07) is 1.27. The minimum atomic E-state index is -0.502. The predicted molar refractivity (Wildman–Crippen MR) is 47.4 cm³/mol. The number of phenolic OH excluding ortho intramolecular Hbond substituents is 3. The summed E-state index contributed by atoms with van der Waals surface area (Å²) in [5, 5.41) is 27.7. The quantitative estimate of drug-likeness (QED) is 0.607. The van der Waals surface area contributed by atoms with Gasteiger partial charge in [-0.1, -0.05) is 6.92 Å². The maximum atomic E-state index is 9.40. The summed E-state index contributed by atoms with van der Waals surface area (Å²) >= 11 is 0. The summed E-state index contributed by atoms with van der Waals surface area (Å²) < 4.78 is 4.92. The van der Waals surface area contributed by atoms with Crippen LogP contribution in [0.15, 0.2) is 6.07 Å². The van der Waals surface area contributed by atoms with Crippen LogP contribution in [0.25, 0.3) is 0 Å². The van der Waals surface area contributed by atoms with Crippen LogP contribution in [0.5, 0.6) is 23.0 Å². The summed E-state index contributed by atoms with van der Waals surface area (Å²) in [6.45, 7) is 1.81. The first kappa shape index (κ1) is 9.51. The summed E-state index contributed by atoms with van der Waals surface area (Å²) in [5.41, 5.74) is 0.484. The van der Waals surface area contributed by atoms with Crippen LogP contribution in [0.3, 0.4) is 0 Å². The summed E-state index contributed by atoms with van der Waals surface area (Å²) in [6.07, 6.45) is 0.517. The first-order valence-electron chi connectivity index (χ1n) is 3.92. The minimum Gasteiger partial charge on any atom is -0.504 e. The second kappa shape index (κ2) is 3.43. The van der Waals surface area contributed by atoms with E-state index >= 15 is 0 Å². The number of hydrogen-bond acceptors (Lipinski definition) is 4. The highest BCUT2D eigenvalue weighted by molar-refractivity contribution is 5.59. The van der Waals surface area contributed by atoms with Gasteiger partial charge in [-0.05, 0) is 6.42 Å². The first-order valence-corrected chi connectivity index (χ1v) is 3.92. The van der Waals surface area contributed by atoms with Crippen molar-refractivity contribution in [1.82, 2.24) is 0 Å². The number of ether oxygens (including phenoxy) is 1. The predicted octanol–water partition coefficient (Wildman–Crippen LogP) is 1.37. The van der Waals surface area contributed by atoms with Crippen LogP contribution in [-0.4, -0.2) is 22.4 Å². The Balaban J connectivity index is 3.39. The Kier molecular flexibility index (Phi) is 2.51. The minimum absolute atomic E-state index is 0.320. The van der Waals surface area contributed by atoms with Gasteiger partial charge in [0.15, 0.2) is 11.5 Å². The van der Waals surface area contributed by atoms with E-state index in [4.69, 9.17) is 9.84 Å². The molecule has 13 heavy (non-hydrogen) atoms. The third-order valence-electron chi connectivity index (χ3n) is 1.89. The zero-order valence-electron chi connectivity index (χ0n) is 7.53. The van der Waals surface area contributed by atoms with E-state index in [0.717, 1.165) is 0 Å². The number of phenols is 3. The molecule has 0 saturated heterocycles. The number of benzene rings is 1. The lowest BCUT2D eigenvalue weighted by atomic mass is 10.1. The Morgan fingerprint density at radius 1 is 1.23 bits per heavy atom. The Morgan fingerprint density at radius 2 is 1.85 bits per heavy atom. The topological polar surface area (TPSA) is 69.9 Å². The van der Waals surface area contributed by atoms with Crippen LogP contribution >= 0.6 is 0 Å². The molecule has 0 aliphatic carbocycles. The Labute approximate surface area is 76.0 Å². The zero-order chi connectivity index (χ0) is 10.0. The molecule has 1 rings (SSSR count). The Bertz CT molecular complexity index is 320. The van der Waals surface area contributed by atoms with Crippen molar-refractivity contribution in [3.63, 3.8) is 0 Å². The van der Waals surface area contributed by atoms with Crippen molar-refractivity contribution in [2.75, 3.05) is 7.11 Å². The molecule has 0 aliphatic heterocycles. The molecule has 4 nitrogen and oxygen atoms in total. The zero-order valence-corrected chi connectivity index (χ0v) is 7.53. The number of rotatable bonds is 2. The fraction of sp³-hybridized carbons (Fsp3) is 0.333. The van der Waals surface area contributed by atoms with Gasteiger partial charge >= 0.3 is 0 Å².